The van der Waals surface area contributed by atoms with Gasteiger partial charge in [-0.1, -0.05) is 41.4 Å². The Hall–Kier alpha value is -3.67. The molecule has 1 aromatic heterocycles. The van der Waals surface area contributed by atoms with Crippen molar-refractivity contribution in [3.8, 4) is 11.8 Å². The van der Waals surface area contributed by atoms with Gasteiger partial charge in [-0.3, -0.25) is 9.69 Å². The van der Waals surface area contributed by atoms with Gasteiger partial charge in [-0.2, -0.15) is 10.4 Å². The fraction of sp³-hybridized carbons (Fsp3) is 0.357. The number of nitrogens with zero attached hydrogens (tertiary/aromatic N) is 4. The molecule has 1 atom stereocenters. The highest BCUT2D eigenvalue weighted by Gasteiger charge is 2.30. The minimum Gasteiger partial charge on any atom is -0.444 e. The predicted octanol–water partition coefficient (Wildman–Crippen LogP) is 5.04. The average Bonchev–Trinajstić information content (AvgIpc) is 3.42. The molecule has 0 aliphatic carbocycles. The maximum atomic E-state index is 13.4. The molecule has 2 heterocycles. The zero-order chi connectivity index (χ0) is 26.7. The van der Waals surface area contributed by atoms with Gasteiger partial charge in [-0.25, -0.2) is 9.48 Å². The summed E-state index contributed by atoms with van der Waals surface area (Å²) in [6.07, 6.45) is 0.292. The summed E-state index contributed by atoms with van der Waals surface area (Å²) in [5, 5.41) is 18.2. The van der Waals surface area contributed by atoms with Crippen LogP contribution in [0.5, 0.6) is 0 Å². The molecule has 1 amide bonds. The number of ketones is 1. The molecule has 1 saturated heterocycles. The van der Waals surface area contributed by atoms with Crippen LogP contribution < -0.4 is 5.32 Å². The highest BCUT2D eigenvalue weighted by atomic mass is 35.5. The first kappa shape index (κ1) is 26.4. The summed E-state index contributed by atoms with van der Waals surface area (Å²) in [7, 11) is 0. The normalized spacial score (nSPS) is 15.8. The number of rotatable bonds is 6. The summed E-state index contributed by atoms with van der Waals surface area (Å²) < 4.78 is 7.03. The summed E-state index contributed by atoms with van der Waals surface area (Å²) in [4.78, 5) is 27.7. The lowest BCUT2D eigenvalue weighted by molar-refractivity contribution is 0.0505. The van der Waals surface area contributed by atoms with Crippen LogP contribution in [0.15, 0.2) is 48.5 Å². The Morgan fingerprint density at radius 1 is 1.16 bits per heavy atom. The van der Waals surface area contributed by atoms with Crippen LogP contribution >= 0.6 is 11.6 Å². The maximum absolute atomic E-state index is 13.4. The molecule has 1 aliphatic heterocycles. The molecule has 1 fully saturated rings. The number of nitriles is 1. The number of halogens is 1. The predicted molar refractivity (Wildman–Crippen MR) is 141 cm³/mol. The monoisotopic (exact) mass is 519 g/mol. The fourth-order valence-corrected chi connectivity index (χ4v) is 4.42. The third-order valence-corrected chi connectivity index (χ3v) is 6.31. The number of carbonyl (C=O) groups excluding carboxylic acids is 2. The third kappa shape index (κ3) is 6.37. The molecule has 9 heteroatoms. The summed E-state index contributed by atoms with van der Waals surface area (Å²) in [6, 6.07) is 16.4. The number of aromatic nitrogens is 2. The van der Waals surface area contributed by atoms with E-state index in [4.69, 9.17) is 16.3 Å². The zero-order valence-corrected chi connectivity index (χ0v) is 22.2. The van der Waals surface area contributed by atoms with Crippen LogP contribution in [0, 0.1) is 18.3 Å². The van der Waals surface area contributed by atoms with Gasteiger partial charge >= 0.3 is 6.09 Å². The first-order chi connectivity index (χ1) is 17.5. The van der Waals surface area contributed by atoms with E-state index in [0.717, 1.165) is 12.0 Å². The van der Waals surface area contributed by atoms with E-state index in [0.29, 0.717) is 41.6 Å². The standard InChI is InChI=1S/C28H30ClN5O3/c1-18-5-7-19(8-6-18)26(35)25-23(15-30)24(34(32-25)22-11-9-20(29)10-12-22)17-33-14-13-21(16-33)31-27(36)37-28(2,3)4/h5-12,21H,13-14,16-17H2,1-4H3,(H,31,36). The molecular formula is C28H30ClN5O3. The van der Waals surface area contributed by atoms with Crippen molar-refractivity contribution >= 4 is 23.5 Å². The topological polar surface area (TPSA) is 100 Å². The highest BCUT2D eigenvalue weighted by Crippen LogP contribution is 2.25. The van der Waals surface area contributed by atoms with Gasteiger partial charge in [-0.15, -0.1) is 0 Å². The lowest BCUT2D eigenvalue weighted by atomic mass is 10.0. The molecule has 1 N–H and O–H groups in total. The largest absolute Gasteiger partial charge is 0.444 e. The molecule has 8 nitrogen and oxygen atoms in total. The molecule has 2 aromatic carbocycles. The Bertz CT molecular complexity index is 1330. The van der Waals surface area contributed by atoms with E-state index in [9.17, 15) is 14.9 Å². The average molecular weight is 520 g/mol. The summed E-state index contributed by atoms with van der Waals surface area (Å²) in [6.45, 7) is 9.09. The molecule has 0 bridgehead atoms. The molecule has 4 rings (SSSR count). The number of alkyl carbamates (subject to hydrolysis) is 1. The minimum absolute atomic E-state index is 0.0825. The SMILES string of the molecule is Cc1ccc(C(=O)c2nn(-c3ccc(Cl)cc3)c(CN3CCC(NC(=O)OC(C)(C)C)C3)c2C#N)cc1. The van der Waals surface area contributed by atoms with Crippen molar-refractivity contribution in [2.45, 2.75) is 52.3 Å². The highest BCUT2D eigenvalue weighted by molar-refractivity contribution is 6.30. The Labute approximate surface area is 221 Å². The van der Waals surface area contributed by atoms with E-state index in [-0.39, 0.29) is 23.1 Å². The van der Waals surface area contributed by atoms with Crippen molar-refractivity contribution in [2.24, 2.45) is 0 Å². The molecule has 0 radical (unpaired) electrons. The van der Waals surface area contributed by atoms with Crippen molar-refractivity contribution in [3.63, 3.8) is 0 Å². The molecule has 3 aromatic rings. The third-order valence-electron chi connectivity index (χ3n) is 6.06. The Kier molecular flexibility index (Phi) is 7.67. The van der Waals surface area contributed by atoms with Crippen LogP contribution in [0.25, 0.3) is 5.69 Å². The fourth-order valence-electron chi connectivity index (χ4n) is 4.29. The van der Waals surface area contributed by atoms with Gasteiger partial charge in [0.1, 0.15) is 17.2 Å². The number of hydrogen-bond acceptors (Lipinski definition) is 6. The smallest absolute Gasteiger partial charge is 0.407 e. The molecule has 0 spiro atoms. The van der Waals surface area contributed by atoms with E-state index in [1.807, 2.05) is 39.8 Å². The van der Waals surface area contributed by atoms with Crippen LogP contribution in [-0.2, 0) is 11.3 Å². The second-order valence-electron chi connectivity index (χ2n) is 10.2. The number of hydrogen-bond donors (Lipinski definition) is 1. The number of amides is 1. The van der Waals surface area contributed by atoms with E-state index in [2.05, 4.69) is 21.4 Å². The van der Waals surface area contributed by atoms with Gasteiger partial charge in [0.25, 0.3) is 0 Å². The van der Waals surface area contributed by atoms with Crippen LogP contribution in [0.4, 0.5) is 4.79 Å². The maximum Gasteiger partial charge on any atom is 0.407 e. The van der Waals surface area contributed by atoms with Crippen LogP contribution in [0.1, 0.15) is 60.1 Å². The molecule has 0 saturated carbocycles. The Balaban J connectivity index is 1.63. The van der Waals surface area contributed by atoms with E-state index < -0.39 is 11.7 Å². The molecule has 1 aliphatic rings. The van der Waals surface area contributed by atoms with Gasteiger partial charge < -0.3 is 10.1 Å². The van der Waals surface area contributed by atoms with Crippen molar-refractivity contribution in [1.82, 2.24) is 20.0 Å². The van der Waals surface area contributed by atoms with Gasteiger partial charge in [0, 0.05) is 36.3 Å². The van der Waals surface area contributed by atoms with Crippen molar-refractivity contribution in [2.75, 3.05) is 13.1 Å². The van der Waals surface area contributed by atoms with Crippen molar-refractivity contribution in [3.05, 3.63) is 81.6 Å². The van der Waals surface area contributed by atoms with Gasteiger partial charge in [0.2, 0.25) is 5.78 Å². The number of carbonyl (C=O) groups is 2. The first-order valence-corrected chi connectivity index (χ1v) is 12.5. The first-order valence-electron chi connectivity index (χ1n) is 12.2. The number of aryl methyl sites for hydroxylation is 1. The van der Waals surface area contributed by atoms with E-state index in [1.54, 1.807) is 41.1 Å². The Morgan fingerprint density at radius 3 is 2.46 bits per heavy atom. The van der Waals surface area contributed by atoms with Crippen LogP contribution in [0.3, 0.4) is 0 Å². The molecule has 37 heavy (non-hydrogen) atoms. The van der Waals surface area contributed by atoms with Gasteiger partial charge in [0.05, 0.1) is 11.4 Å². The van der Waals surface area contributed by atoms with Gasteiger partial charge in [-0.05, 0) is 58.4 Å². The lowest BCUT2D eigenvalue weighted by Gasteiger charge is -2.22. The summed E-state index contributed by atoms with van der Waals surface area (Å²) in [5.41, 5.74) is 2.59. The number of ether oxygens (including phenoxy) is 1. The number of benzene rings is 2. The van der Waals surface area contributed by atoms with Crippen molar-refractivity contribution in [1.29, 1.82) is 5.26 Å². The zero-order valence-electron chi connectivity index (χ0n) is 21.4. The second-order valence-corrected chi connectivity index (χ2v) is 10.7. The van der Waals surface area contributed by atoms with Gasteiger partial charge in [0.15, 0.2) is 5.69 Å². The number of likely N-dealkylation sites (tertiary alicyclic amines) is 1. The molecular weight excluding hydrogens is 490 g/mol. The quantitative estimate of drug-likeness (QED) is 0.458. The van der Waals surface area contributed by atoms with Crippen LogP contribution in [-0.4, -0.2) is 51.3 Å². The van der Waals surface area contributed by atoms with Crippen LogP contribution in [0.2, 0.25) is 5.02 Å². The molecule has 192 valence electrons. The number of nitrogens with one attached hydrogen (secondary N) is 1. The van der Waals surface area contributed by atoms with E-state index in [1.165, 1.54) is 0 Å². The minimum atomic E-state index is -0.574. The Morgan fingerprint density at radius 2 is 1.84 bits per heavy atom. The van der Waals surface area contributed by atoms with E-state index >= 15 is 0 Å². The lowest BCUT2D eigenvalue weighted by Crippen LogP contribution is -2.40. The summed E-state index contributed by atoms with van der Waals surface area (Å²) in [5.74, 6) is -0.309. The molecule has 1 unspecified atom stereocenters. The van der Waals surface area contributed by atoms with Crippen molar-refractivity contribution < 1.29 is 14.3 Å². The summed E-state index contributed by atoms with van der Waals surface area (Å²) >= 11 is 6.09. The second kappa shape index (κ2) is 10.8.